The molecule has 5 nitrogen and oxygen atoms in total. The first kappa shape index (κ1) is 22.3. The van der Waals surface area contributed by atoms with Crippen molar-refractivity contribution < 1.29 is 19.4 Å². The molecule has 2 fully saturated rings. The first-order valence-corrected chi connectivity index (χ1v) is 12.5. The summed E-state index contributed by atoms with van der Waals surface area (Å²) in [7, 11) is 0. The van der Waals surface area contributed by atoms with E-state index in [1.54, 1.807) is 0 Å². The molecule has 6 rings (SSSR count). The van der Waals surface area contributed by atoms with Crippen LogP contribution in [0, 0.1) is 13.8 Å². The van der Waals surface area contributed by atoms with Gasteiger partial charge in [0.15, 0.2) is 0 Å². The minimum atomic E-state index is -0.978. The summed E-state index contributed by atoms with van der Waals surface area (Å²) in [5.41, 5.74) is 7.01. The Labute approximate surface area is 206 Å². The highest BCUT2D eigenvalue weighted by atomic mass is 16.6. The minimum Gasteiger partial charge on any atom is -0.448 e. The van der Waals surface area contributed by atoms with Crippen LogP contribution in [0.3, 0.4) is 0 Å². The molecule has 0 saturated carbocycles. The number of ether oxygens (including phenoxy) is 2. The van der Waals surface area contributed by atoms with Crippen LogP contribution in [0.25, 0.3) is 11.1 Å². The quantitative estimate of drug-likeness (QED) is 0.565. The fraction of sp³-hybridized carbons (Fsp3) is 0.367. The third-order valence-corrected chi connectivity index (χ3v) is 8.05. The van der Waals surface area contributed by atoms with Crippen molar-refractivity contribution in [3.63, 3.8) is 0 Å². The fourth-order valence-corrected chi connectivity index (χ4v) is 6.70. The Hall–Kier alpha value is -3.15. The number of amides is 1. The van der Waals surface area contributed by atoms with Gasteiger partial charge in [-0.1, -0.05) is 66.7 Å². The maximum atomic E-state index is 13.4. The van der Waals surface area contributed by atoms with Crippen LogP contribution in [0.1, 0.15) is 46.6 Å². The van der Waals surface area contributed by atoms with Crippen LogP contribution in [0.5, 0.6) is 0 Å². The lowest BCUT2D eigenvalue weighted by molar-refractivity contribution is -0.136. The summed E-state index contributed by atoms with van der Waals surface area (Å²) in [4.78, 5) is 15.3. The average molecular weight is 470 g/mol. The van der Waals surface area contributed by atoms with E-state index in [1.165, 1.54) is 22.3 Å². The van der Waals surface area contributed by atoms with Gasteiger partial charge in [0.05, 0.1) is 30.9 Å². The zero-order valence-electron chi connectivity index (χ0n) is 20.2. The number of carbonyl (C=O) groups is 1. The Morgan fingerprint density at radius 2 is 1.46 bits per heavy atom. The molecule has 2 bridgehead atoms. The Bertz CT molecular complexity index is 1210. The second-order valence-electron chi connectivity index (χ2n) is 10.3. The van der Waals surface area contributed by atoms with Gasteiger partial charge in [0.2, 0.25) is 0 Å². The molecule has 1 N–H and O–H groups in total. The van der Waals surface area contributed by atoms with Crippen LogP contribution in [-0.2, 0) is 15.1 Å². The highest BCUT2D eigenvalue weighted by Gasteiger charge is 2.50. The Morgan fingerprint density at radius 3 is 2.03 bits per heavy atom. The number of rotatable bonds is 3. The van der Waals surface area contributed by atoms with Gasteiger partial charge in [-0.15, -0.1) is 0 Å². The molecule has 1 aliphatic carbocycles. The number of aryl methyl sites for hydroxylation is 2. The van der Waals surface area contributed by atoms with Gasteiger partial charge in [-0.2, -0.15) is 0 Å². The topological polar surface area (TPSA) is 59.0 Å². The van der Waals surface area contributed by atoms with E-state index in [0.717, 1.165) is 16.7 Å². The molecule has 5 heteroatoms. The molecule has 35 heavy (non-hydrogen) atoms. The number of benzene rings is 3. The van der Waals surface area contributed by atoms with Crippen molar-refractivity contribution in [1.82, 2.24) is 4.90 Å². The van der Waals surface area contributed by atoms with E-state index in [4.69, 9.17) is 9.47 Å². The van der Waals surface area contributed by atoms with Gasteiger partial charge >= 0.3 is 6.09 Å². The molecule has 2 atom stereocenters. The van der Waals surface area contributed by atoms with Crippen LogP contribution in [-0.4, -0.2) is 48.0 Å². The van der Waals surface area contributed by atoms with Gasteiger partial charge in [-0.3, -0.25) is 4.90 Å². The highest BCUT2D eigenvalue weighted by Crippen LogP contribution is 2.46. The van der Waals surface area contributed by atoms with Gasteiger partial charge in [0, 0.05) is 18.8 Å². The fourth-order valence-electron chi connectivity index (χ4n) is 6.70. The van der Waals surface area contributed by atoms with Crippen LogP contribution in [0.4, 0.5) is 4.79 Å². The van der Waals surface area contributed by atoms with E-state index in [-0.39, 0.29) is 24.1 Å². The number of nitrogens with zero attached hydrogens (tertiary/aromatic N) is 1. The third-order valence-electron chi connectivity index (χ3n) is 8.05. The number of fused-ring (bicyclic) bond motifs is 5. The standard InChI is InChI=1S/C30H31NO4/c1-19-8-7-9-20(2)28(19)30(33)14-21-16-34-17-22(15-30)31(21)29(32)35-18-27-25-12-5-3-10-23(25)24-11-4-6-13-26(24)27/h3-13,21-22,27,33H,14-18H2,1-2H3. The molecule has 0 aromatic heterocycles. The predicted octanol–water partition coefficient (Wildman–Crippen LogP) is 5.30. The predicted molar refractivity (Wildman–Crippen MR) is 134 cm³/mol. The van der Waals surface area contributed by atoms with E-state index >= 15 is 0 Å². The van der Waals surface area contributed by atoms with Crippen molar-refractivity contribution in [3.8, 4) is 11.1 Å². The largest absolute Gasteiger partial charge is 0.448 e. The van der Waals surface area contributed by atoms with Crippen LogP contribution in [0.15, 0.2) is 66.7 Å². The van der Waals surface area contributed by atoms with Crippen molar-refractivity contribution in [3.05, 3.63) is 94.5 Å². The Morgan fingerprint density at radius 1 is 0.914 bits per heavy atom. The van der Waals surface area contributed by atoms with Crippen molar-refractivity contribution in [2.24, 2.45) is 0 Å². The number of carbonyl (C=O) groups excluding carboxylic acids is 1. The lowest BCUT2D eigenvalue weighted by atomic mass is 9.74. The zero-order valence-corrected chi connectivity index (χ0v) is 20.2. The normalized spacial score (nSPS) is 25.2. The maximum Gasteiger partial charge on any atom is 0.410 e. The summed E-state index contributed by atoms with van der Waals surface area (Å²) >= 11 is 0. The molecule has 2 aliphatic heterocycles. The molecular weight excluding hydrogens is 438 g/mol. The lowest BCUT2D eigenvalue weighted by Gasteiger charge is -2.51. The molecule has 0 radical (unpaired) electrons. The molecule has 3 aliphatic rings. The van der Waals surface area contributed by atoms with E-state index in [2.05, 4.69) is 36.4 Å². The number of morpholine rings is 1. The first-order chi connectivity index (χ1) is 17.0. The lowest BCUT2D eigenvalue weighted by Crippen LogP contribution is -2.62. The van der Waals surface area contributed by atoms with Crippen molar-refractivity contribution in [1.29, 1.82) is 0 Å². The molecule has 180 valence electrons. The zero-order chi connectivity index (χ0) is 24.2. The maximum absolute atomic E-state index is 13.4. The monoisotopic (exact) mass is 469 g/mol. The van der Waals surface area contributed by atoms with Crippen molar-refractivity contribution in [2.75, 3.05) is 19.8 Å². The molecule has 1 amide bonds. The van der Waals surface area contributed by atoms with E-state index in [9.17, 15) is 9.90 Å². The molecule has 3 aromatic carbocycles. The minimum absolute atomic E-state index is 0.0266. The van der Waals surface area contributed by atoms with Gasteiger partial charge in [0.1, 0.15) is 6.61 Å². The smallest absolute Gasteiger partial charge is 0.410 e. The van der Waals surface area contributed by atoms with Gasteiger partial charge in [-0.05, 0) is 52.8 Å². The van der Waals surface area contributed by atoms with Crippen LogP contribution < -0.4 is 0 Å². The van der Waals surface area contributed by atoms with Gasteiger partial charge in [-0.25, -0.2) is 4.79 Å². The van der Waals surface area contributed by atoms with Gasteiger partial charge in [0.25, 0.3) is 0 Å². The molecule has 0 spiro atoms. The van der Waals surface area contributed by atoms with Crippen LogP contribution >= 0.6 is 0 Å². The van der Waals surface area contributed by atoms with E-state index < -0.39 is 5.60 Å². The van der Waals surface area contributed by atoms with Crippen LogP contribution in [0.2, 0.25) is 0 Å². The summed E-state index contributed by atoms with van der Waals surface area (Å²) in [6.45, 7) is 5.21. The van der Waals surface area contributed by atoms with Gasteiger partial charge < -0.3 is 14.6 Å². The Kier molecular flexibility index (Phi) is 5.42. The summed E-state index contributed by atoms with van der Waals surface area (Å²) in [6.07, 6.45) is 0.576. The highest BCUT2D eigenvalue weighted by molar-refractivity contribution is 5.79. The van der Waals surface area contributed by atoms with E-state index in [1.807, 2.05) is 49.1 Å². The average Bonchev–Trinajstić information content (AvgIpc) is 3.15. The number of hydrogen-bond acceptors (Lipinski definition) is 4. The summed E-state index contributed by atoms with van der Waals surface area (Å²) < 4.78 is 11.8. The number of aliphatic hydroxyl groups is 1. The molecule has 3 aromatic rings. The molecule has 2 saturated heterocycles. The van der Waals surface area contributed by atoms with Crippen molar-refractivity contribution in [2.45, 2.75) is 50.3 Å². The third kappa shape index (κ3) is 3.65. The first-order valence-electron chi connectivity index (χ1n) is 12.5. The van der Waals surface area contributed by atoms with Crippen molar-refractivity contribution >= 4 is 6.09 Å². The molecule has 2 heterocycles. The summed E-state index contributed by atoms with van der Waals surface area (Å²) in [6, 6.07) is 22.4. The Balaban J connectivity index is 1.22. The van der Waals surface area contributed by atoms with E-state index in [0.29, 0.717) is 32.7 Å². The second-order valence-corrected chi connectivity index (χ2v) is 10.3. The summed E-state index contributed by atoms with van der Waals surface area (Å²) in [5.74, 6) is 0.0266. The SMILES string of the molecule is Cc1cccc(C)c1C1(O)CC2COCC(C1)N2C(=O)OCC1c2ccccc2-c2ccccc21. The molecule has 2 unspecified atom stereocenters. The number of piperidine rings is 1. The summed E-state index contributed by atoms with van der Waals surface area (Å²) in [5, 5.41) is 11.8. The molecular formula is C30H31NO4. The second kappa shape index (κ2) is 8.51. The number of hydrogen-bond donors (Lipinski definition) is 1.